The van der Waals surface area contributed by atoms with Crippen molar-refractivity contribution < 1.29 is 104 Å². The lowest BCUT2D eigenvalue weighted by atomic mass is 9.85. The first-order valence-corrected chi connectivity index (χ1v) is 20.2. The third kappa shape index (κ3) is 11.7. The van der Waals surface area contributed by atoms with Gasteiger partial charge in [0, 0.05) is 13.5 Å². The number of carbonyl (C=O) groups excluding carboxylic acids is 1. The summed E-state index contributed by atoms with van der Waals surface area (Å²) < 4.78 is 52.5. The largest absolute Gasteiger partial charge is 0.491 e. The molecule has 11 unspecified atom stereocenters. The van der Waals surface area contributed by atoms with Gasteiger partial charge in [0.05, 0.1) is 19.8 Å². The maximum Gasteiger partial charge on any atom is 0.217 e. The third-order valence-electron chi connectivity index (χ3n) is 11.1. The van der Waals surface area contributed by atoms with Crippen molar-refractivity contribution in [3.05, 3.63) is 30.3 Å². The molecule has 14 N–H and O–H groups in total. The average molecular weight is 883 g/mol. The Morgan fingerprint density at radius 1 is 0.689 bits per heavy atom. The van der Waals surface area contributed by atoms with Crippen molar-refractivity contribution in [3.63, 3.8) is 0 Å². The second kappa shape index (κ2) is 22.5. The van der Waals surface area contributed by atoms with Gasteiger partial charge in [-0.25, -0.2) is 0 Å². The number of amides is 1. The molecule has 5 rings (SSSR count). The highest BCUT2D eigenvalue weighted by Crippen LogP contribution is 2.38. The lowest BCUT2D eigenvalue weighted by molar-refractivity contribution is -0.399. The summed E-state index contributed by atoms with van der Waals surface area (Å²) in [6, 6.07) is 7.09. The van der Waals surface area contributed by atoms with E-state index in [9.17, 15) is 61.0 Å². The van der Waals surface area contributed by atoms with E-state index in [1.807, 2.05) is 0 Å². The molecule has 4 aliphatic heterocycles. The molecule has 23 heteroatoms. The highest BCUT2D eigenvalue weighted by molar-refractivity contribution is 5.73. The minimum atomic E-state index is -2.44. The van der Waals surface area contributed by atoms with Crippen LogP contribution in [0.25, 0.3) is 0 Å². The minimum Gasteiger partial charge on any atom is -0.491 e. The Hall–Kier alpha value is -2.31. The maximum absolute atomic E-state index is 12.0. The number of para-hydroxylation sites is 1. The zero-order chi connectivity index (χ0) is 44.6. The van der Waals surface area contributed by atoms with Crippen LogP contribution in [0.5, 0.6) is 5.75 Å². The molecule has 0 radical (unpaired) electrons. The molecular weight excluding hydrogens is 820 g/mol. The molecule has 23 nitrogen and oxygen atoms in total. The molecule has 350 valence electrons. The van der Waals surface area contributed by atoms with Gasteiger partial charge in [-0.3, -0.25) is 4.79 Å². The van der Waals surface area contributed by atoms with E-state index in [1.165, 1.54) is 0 Å². The van der Waals surface area contributed by atoms with Crippen molar-refractivity contribution in [2.45, 2.75) is 155 Å². The molecule has 0 bridgehead atoms. The van der Waals surface area contributed by atoms with Gasteiger partial charge in [0.25, 0.3) is 0 Å². The zero-order valence-electron chi connectivity index (χ0n) is 33.8. The standard InChI is InChI=1S/C38H62N2O21/c1-17(44)40-23-26(47)24(45)19(13-41)55-34(23)60-31-25(46)20(14-42)56-36(29(31)50)61-33-21(15-43)57-37(32(51)38(33,2)52)59-30-22(16-54-18-9-5-3-6-10-18)58-35(28(49)27(30)48)53-12-8-4-7-11-39/h3,5-6,9-10,19-37,41-43,45-52H,4,7-8,11-16,39H2,1-2H3,(H,40,44)/t19?,20?,21?,22?,23?,24-,25-,26?,27?,28?,29?,30+,31?,32?,33-,34-,35+,36+,37-,38-/m0/s1. The molecule has 0 aromatic heterocycles. The highest BCUT2D eigenvalue weighted by Gasteiger charge is 2.59. The smallest absolute Gasteiger partial charge is 0.217 e. The molecule has 4 aliphatic rings. The third-order valence-corrected chi connectivity index (χ3v) is 11.1. The van der Waals surface area contributed by atoms with Crippen molar-refractivity contribution in [1.82, 2.24) is 5.32 Å². The van der Waals surface area contributed by atoms with Crippen molar-refractivity contribution in [1.29, 1.82) is 0 Å². The molecule has 1 aromatic rings. The lowest BCUT2D eigenvalue weighted by Crippen LogP contribution is -2.71. The number of nitrogens with two attached hydrogens (primary N) is 1. The number of rotatable bonds is 19. The zero-order valence-corrected chi connectivity index (χ0v) is 33.8. The number of hydrogen-bond acceptors (Lipinski definition) is 22. The first-order chi connectivity index (χ1) is 29.1. The van der Waals surface area contributed by atoms with Gasteiger partial charge in [0.1, 0.15) is 109 Å². The summed E-state index contributed by atoms with van der Waals surface area (Å²) in [4.78, 5) is 12.0. The molecule has 1 aromatic carbocycles. The van der Waals surface area contributed by atoms with E-state index in [-0.39, 0.29) is 13.2 Å². The number of nitrogens with one attached hydrogen (secondary N) is 1. The summed E-state index contributed by atoms with van der Waals surface area (Å²) in [5, 5.41) is 122. The van der Waals surface area contributed by atoms with Gasteiger partial charge in [0.2, 0.25) is 5.91 Å². The predicted octanol–water partition coefficient (Wildman–Crippen LogP) is -5.97. The van der Waals surface area contributed by atoms with Crippen LogP contribution in [-0.4, -0.2) is 224 Å². The SMILES string of the molecule is CC(=O)NC1C(O)[C@@H](O)C(CO)O[C@H]1OC1C(O)[C@@H](O[C@H]2C(CO)O[C@@H](O[C@@H]3C(COc4ccccc4)O[C@@H](OCCCCCN)C(O)C3O)C(O)[C@]2(C)O)OC(CO)[C@@H]1O. The molecule has 0 aliphatic carbocycles. The average Bonchev–Trinajstić information content (AvgIpc) is 3.24. The Morgan fingerprint density at radius 2 is 1.30 bits per heavy atom. The van der Waals surface area contributed by atoms with Gasteiger partial charge in [0.15, 0.2) is 25.2 Å². The summed E-state index contributed by atoms with van der Waals surface area (Å²) in [7, 11) is 0. The van der Waals surface area contributed by atoms with Crippen LogP contribution in [-0.2, 0) is 42.7 Å². The molecule has 0 spiro atoms. The monoisotopic (exact) mass is 882 g/mol. The van der Waals surface area contributed by atoms with E-state index in [2.05, 4.69) is 5.32 Å². The van der Waals surface area contributed by atoms with Crippen molar-refractivity contribution in [2.75, 3.05) is 39.6 Å². The summed E-state index contributed by atoms with van der Waals surface area (Å²) in [6.45, 7) is 0.00558. The second-order valence-electron chi connectivity index (χ2n) is 15.7. The quantitative estimate of drug-likeness (QED) is 0.0575. The van der Waals surface area contributed by atoms with Crippen LogP contribution in [0, 0.1) is 0 Å². The van der Waals surface area contributed by atoms with Gasteiger partial charge in [-0.15, -0.1) is 0 Å². The van der Waals surface area contributed by atoms with E-state index in [4.69, 9.17) is 48.4 Å². The number of carbonyl (C=O) groups is 1. The van der Waals surface area contributed by atoms with Gasteiger partial charge in [-0.05, 0) is 44.9 Å². The maximum atomic E-state index is 12.0. The lowest BCUT2D eigenvalue weighted by Gasteiger charge is -2.52. The number of benzene rings is 1. The van der Waals surface area contributed by atoms with Crippen LogP contribution in [0.3, 0.4) is 0 Å². The Balaban J connectivity index is 1.33. The number of aliphatic hydroxyl groups excluding tert-OH is 10. The van der Waals surface area contributed by atoms with Crippen LogP contribution in [0.1, 0.15) is 33.1 Å². The van der Waals surface area contributed by atoms with Crippen molar-refractivity contribution >= 4 is 5.91 Å². The van der Waals surface area contributed by atoms with E-state index in [0.29, 0.717) is 18.7 Å². The summed E-state index contributed by atoms with van der Waals surface area (Å²) in [5.41, 5.74) is 3.12. The van der Waals surface area contributed by atoms with Gasteiger partial charge >= 0.3 is 0 Å². The molecular formula is C38H62N2O21. The fourth-order valence-corrected chi connectivity index (χ4v) is 7.64. The fourth-order valence-electron chi connectivity index (χ4n) is 7.64. The van der Waals surface area contributed by atoms with Gasteiger partial charge in [-0.2, -0.15) is 0 Å². The topological polar surface area (TPSA) is 361 Å². The molecule has 4 heterocycles. The van der Waals surface area contributed by atoms with Gasteiger partial charge in [-0.1, -0.05) is 18.2 Å². The summed E-state index contributed by atoms with van der Waals surface area (Å²) >= 11 is 0. The van der Waals surface area contributed by atoms with Crippen molar-refractivity contribution in [2.24, 2.45) is 5.73 Å². The molecule has 20 atom stereocenters. The minimum absolute atomic E-state index is 0.173. The predicted molar refractivity (Wildman–Crippen MR) is 202 cm³/mol. The summed E-state index contributed by atoms with van der Waals surface area (Å²) in [6.07, 6.45) is -28.3. The Bertz CT molecular complexity index is 1470. The van der Waals surface area contributed by atoms with Crippen LogP contribution in [0.4, 0.5) is 0 Å². The number of ether oxygens (including phenoxy) is 9. The van der Waals surface area contributed by atoms with E-state index >= 15 is 0 Å². The van der Waals surface area contributed by atoms with Crippen molar-refractivity contribution in [3.8, 4) is 5.75 Å². The first kappa shape index (κ1) is 49.7. The second-order valence-corrected chi connectivity index (χ2v) is 15.7. The van der Waals surface area contributed by atoms with E-state index in [0.717, 1.165) is 26.7 Å². The molecule has 61 heavy (non-hydrogen) atoms. The Kier molecular flexibility index (Phi) is 18.4. The van der Waals surface area contributed by atoms with Gasteiger partial charge < -0.3 is 110 Å². The number of aliphatic hydroxyl groups is 11. The molecule has 4 fully saturated rings. The number of hydrogen-bond donors (Lipinski definition) is 13. The van der Waals surface area contributed by atoms with Crippen LogP contribution in [0.2, 0.25) is 0 Å². The van der Waals surface area contributed by atoms with E-state index in [1.54, 1.807) is 30.3 Å². The fraction of sp³-hybridized carbons (Fsp3) is 0.816. The Morgan fingerprint density at radius 3 is 1.93 bits per heavy atom. The summed E-state index contributed by atoms with van der Waals surface area (Å²) in [5.74, 6) is -0.253. The normalized spacial score (nSPS) is 43.1. The molecule has 0 saturated carbocycles. The molecule has 4 saturated heterocycles. The van der Waals surface area contributed by atoms with E-state index < -0.39 is 148 Å². The first-order valence-electron chi connectivity index (χ1n) is 20.2. The highest BCUT2D eigenvalue weighted by atomic mass is 16.8. The van der Waals surface area contributed by atoms with Crippen LogP contribution >= 0.6 is 0 Å². The Labute approximate surface area is 351 Å². The van der Waals surface area contributed by atoms with Crippen LogP contribution in [0.15, 0.2) is 30.3 Å². The number of unbranched alkanes of at least 4 members (excludes halogenated alkanes) is 2. The molecule has 1 amide bonds. The van der Waals surface area contributed by atoms with Crippen LogP contribution < -0.4 is 15.8 Å².